The van der Waals surface area contributed by atoms with E-state index in [0.717, 1.165) is 5.06 Å². The van der Waals surface area contributed by atoms with Crippen LogP contribution < -0.4 is 4.74 Å². The standard InChI is InChI=1S/C11H12OS2/c1-8-6-14-11(9(8)2)12-5-10-3-4-13-7-10/h3-4,6-7H,5H2,1-2H3. The van der Waals surface area contributed by atoms with Crippen molar-refractivity contribution in [1.29, 1.82) is 0 Å². The molecule has 0 amide bonds. The average Bonchev–Trinajstić information content (AvgIpc) is 2.77. The molecule has 74 valence electrons. The molecular weight excluding hydrogens is 212 g/mol. The molecule has 0 aromatic carbocycles. The van der Waals surface area contributed by atoms with Crippen molar-refractivity contribution in [2.45, 2.75) is 20.5 Å². The Hall–Kier alpha value is -0.800. The summed E-state index contributed by atoms with van der Waals surface area (Å²) in [5.41, 5.74) is 3.83. The van der Waals surface area contributed by atoms with Crippen molar-refractivity contribution in [1.82, 2.24) is 0 Å². The first-order chi connectivity index (χ1) is 6.77. The van der Waals surface area contributed by atoms with E-state index in [1.54, 1.807) is 22.7 Å². The Morgan fingerprint density at radius 2 is 2.14 bits per heavy atom. The lowest BCUT2D eigenvalue weighted by molar-refractivity contribution is 0.314. The van der Waals surface area contributed by atoms with Gasteiger partial charge >= 0.3 is 0 Å². The number of hydrogen-bond donors (Lipinski definition) is 0. The number of hydrogen-bond acceptors (Lipinski definition) is 3. The molecule has 0 aliphatic carbocycles. The molecule has 0 N–H and O–H groups in total. The van der Waals surface area contributed by atoms with Gasteiger partial charge in [0.2, 0.25) is 0 Å². The largest absolute Gasteiger partial charge is 0.479 e. The third-order valence-electron chi connectivity index (χ3n) is 2.19. The van der Waals surface area contributed by atoms with E-state index in [4.69, 9.17) is 4.74 Å². The second kappa shape index (κ2) is 4.15. The van der Waals surface area contributed by atoms with Crippen molar-refractivity contribution >= 4 is 22.7 Å². The second-order valence-electron chi connectivity index (χ2n) is 3.25. The minimum atomic E-state index is 0.685. The lowest BCUT2D eigenvalue weighted by Crippen LogP contribution is -1.92. The van der Waals surface area contributed by atoms with Crippen LogP contribution in [0, 0.1) is 13.8 Å². The highest BCUT2D eigenvalue weighted by molar-refractivity contribution is 7.12. The maximum atomic E-state index is 5.73. The molecule has 3 heteroatoms. The highest BCUT2D eigenvalue weighted by atomic mass is 32.1. The Morgan fingerprint density at radius 3 is 2.71 bits per heavy atom. The summed E-state index contributed by atoms with van der Waals surface area (Å²) in [7, 11) is 0. The van der Waals surface area contributed by atoms with Crippen LogP contribution in [0.4, 0.5) is 0 Å². The Bertz CT molecular complexity index is 401. The van der Waals surface area contributed by atoms with Crippen LogP contribution in [0.25, 0.3) is 0 Å². The SMILES string of the molecule is Cc1csc(OCc2ccsc2)c1C. The van der Waals surface area contributed by atoms with Crippen molar-refractivity contribution < 1.29 is 4.74 Å². The number of ether oxygens (including phenoxy) is 1. The molecule has 0 spiro atoms. The fourth-order valence-electron chi connectivity index (χ4n) is 1.15. The summed E-state index contributed by atoms with van der Waals surface area (Å²) in [6.45, 7) is 4.91. The van der Waals surface area contributed by atoms with Crippen LogP contribution in [0.1, 0.15) is 16.7 Å². The molecule has 0 aliphatic rings. The van der Waals surface area contributed by atoms with Crippen LogP contribution >= 0.6 is 22.7 Å². The molecule has 2 aromatic heterocycles. The van der Waals surface area contributed by atoms with E-state index in [9.17, 15) is 0 Å². The molecular formula is C11H12OS2. The van der Waals surface area contributed by atoms with Crippen LogP contribution in [-0.2, 0) is 6.61 Å². The Labute approximate surface area is 92.0 Å². The molecule has 0 aliphatic heterocycles. The molecule has 2 heterocycles. The predicted molar refractivity (Wildman–Crippen MR) is 62.4 cm³/mol. The molecule has 2 aromatic rings. The molecule has 0 radical (unpaired) electrons. The Morgan fingerprint density at radius 1 is 1.29 bits per heavy atom. The van der Waals surface area contributed by atoms with E-state index in [1.807, 2.05) is 0 Å². The third-order valence-corrected chi connectivity index (χ3v) is 4.03. The zero-order chi connectivity index (χ0) is 9.97. The van der Waals surface area contributed by atoms with Gasteiger partial charge in [0, 0.05) is 5.56 Å². The fourth-order valence-corrected chi connectivity index (χ4v) is 2.72. The van der Waals surface area contributed by atoms with E-state index in [2.05, 4.69) is 36.1 Å². The van der Waals surface area contributed by atoms with E-state index in [0.29, 0.717) is 6.61 Å². The van der Waals surface area contributed by atoms with Crippen LogP contribution in [0.15, 0.2) is 22.2 Å². The van der Waals surface area contributed by atoms with Gasteiger partial charge in [-0.05, 0) is 47.2 Å². The summed E-state index contributed by atoms with van der Waals surface area (Å²) in [6, 6.07) is 2.10. The van der Waals surface area contributed by atoms with Crippen LogP contribution in [0.2, 0.25) is 0 Å². The Balaban J connectivity index is 2.02. The summed E-state index contributed by atoms with van der Waals surface area (Å²) < 4.78 is 5.73. The molecule has 0 saturated heterocycles. The van der Waals surface area contributed by atoms with Gasteiger partial charge in [-0.3, -0.25) is 0 Å². The van der Waals surface area contributed by atoms with Gasteiger partial charge in [-0.25, -0.2) is 0 Å². The summed E-state index contributed by atoms with van der Waals surface area (Å²) in [5.74, 6) is 0. The van der Waals surface area contributed by atoms with Crippen LogP contribution in [0.5, 0.6) is 5.06 Å². The first-order valence-electron chi connectivity index (χ1n) is 4.46. The maximum Gasteiger partial charge on any atom is 0.177 e. The van der Waals surface area contributed by atoms with Gasteiger partial charge in [-0.2, -0.15) is 11.3 Å². The molecule has 0 atom stereocenters. The molecule has 0 bridgehead atoms. The normalized spacial score (nSPS) is 10.4. The number of thiophene rings is 2. The summed E-state index contributed by atoms with van der Waals surface area (Å²) in [5, 5.41) is 7.38. The summed E-state index contributed by atoms with van der Waals surface area (Å²) >= 11 is 3.39. The zero-order valence-electron chi connectivity index (χ0n) is 8.24. The van der Waals surface area contributed by atoms with Gasteiger partial charge in [0.25, 0.3) is 0 Å². The average molecular weight is 224 g/mol. The monoisotopic (exact) mass is 224 g/mol. The minimum Gasteiger partial charge on any atom is -0.479 e. The minimum absolute atomic E-state index is 0.685. The molecule has 0 fully saturated rings. The maximum absolute atomic E-state index is 5.73. The van der Waals surface area contributed by atoms with Crippen molar-refractivity contribution in [2.75, 3.05) is 0 Å². The molecule has 14 heavy (non-hydrogen) atoms. The van der Waals surface area contributed by atoms with E-state index < -0.39 is 0 Å². The summed E-state index contributed by atoms with van der Waals surface area (Å²) in [6.07, 6.45) is 0. The zero-order valence-corrected chi connectivity index (χ0v) is 9.87. The molecule has 2 rings (SSSR count). The number of rotatable bonds is 3. The predicted octanol–water partition coefficient (Wildman–Crippen LogP) is 4.01. The topological polar surface area (TPSA) is 9.23 Å². The van der Waals surface area contributed by atoms with Gasteiger partial charge in [0.05, 0.1) is 0 Å². The lowest BCUT2D eigenvalue weighted by Gasteiger charge is -2.02. The van der Waals surface area contributed by atoms with Crippen molar-refractivity contribution in [3.8, 4) is 5.06 Å². The molecule has 0 unspecified atom stereocenters. The second-order valence-corrected chi connectivity index (χ2v) is 4.87. The summed E-state index contributed by atoms with van der Waals surface area (Å²) in [4.78, 5) is 0. The highest BCUT2D eigenvalue weighted by Crippen LogP contribution is 2.29. The third kappa shape index (κ3) is 1.99. The lowest BCUT2D eigenvalue weighted by atomic mass is 10.2. The van der Waals surface area contributed by atoms with Gasteiger partial charge in [0.1, 0.15) is 6.61 Å². The van der Waals surface area contributed by atoms with Gasteiger partial charge in [-0.15, -0.1) is 11.3 Å². The fraction of sp³-hybridized carbons (Fsp3) is 0.273. The van der Waals surface area contributed by atoms with E-state index >= 15 is 0 Å². The van der Waals surface area contributed by atoms with E-state index in [1.165, 1.54) is 16.7 Å². The first-order valence-corrected chi connectivity index (χ1v) is 6.28. The van der Waals surface area contributed by atoms with Crippen molar-refractivity contribution in [3.05, 3.63) is 38.9 Å². The van der Waals surface area contributed by atoms with Gasteiger partial charge in [0.15, 0.2) is 5.06 Å². The van der Waals surface area contributed by atoms with Gasteiger partial charge in [-0.1, -0.05) is 0 Å². The Kier molecular flexibility index (Phi) is 2.89. The number of aryl methyl sites for hydroxylation is 1. The van der Waals surface area contributed by atoms with Crippen molar-refractivity contribution in [3.63, 3.8) is 0 Å². The molecule has 0 saturated carbocycles. The van der Waals surface area contributed by atoms with E-state index in [-0.39, 0.29) is 0 Å². The van der Waals surface area contributed by atoms with Crippen LogP contribution in [0.3, 0.4) is 0 Å². The first kappa shape index (κ1) is 9.74. The van der Waals surface area contributed by atoms with Crippen molar-refractivity contribution in [2.24, 2.45) is 0 Å². The van der Waals surface area contributed by atoms with Gasteiger partial charge < -0.3 is 4.74 Å². The highest BCUT2D eigenvalue weighted by Gasteiger charge is 2.05. The van der Waals surface area contributed by atoms with Crippen LogP contribution in [-0.4, -0.2) is 0 Å². The smallest absolute Gasteiger partial charge is 0.177 e. The quantitative estimate of drug-likeness (QED) is 0.765. The molecule has 1 nitrogen and oxygen atoms in total.